The highest BCUT2D eigenvalue weighted by molar-refractivity contribution is 6.06. The van der Waals surface area contributed by atoms with Crippen LogP contribution in [-0.2, 0) is 9.59 Å². The number of benzene rings is 1. The zero-order valence-electron chi connectivity index (χ0n) is 12.7. The highest BCUT2D eigenvalue weighted by atomic mass is 16.2. The minimum atomic E-state index is -1.23. The maximum absolute atomic E-state index is 12.2. The van der Waals surface area contributed by atoms with Gasteiger partial charge in [0.15, 0.2) is 0 Å². The van der Waals surface area contributed by atoms with Crippen LogP contribution in [0.5, 0.6) is 0 Å². The summed E-state index contributed by atoms with van der Waals surface area (Å²) in [6, 6.07) is 11.0. The summed E-state index contributed by atoms with van der Waals surface area (Å²) in [5.41, 5.74) is -0.554. The van der Waals surface area contributed by atoms with Gasteiger partial charge >= 0.3 is 5.91 Å². The summed E-state index contributed by atoms with van der Waals surface area (Å²) in [6.07, 6.45) is 0. The molecule has 0 radical (unpaired) electrons. The molecule has 1 rings (SSSR count). The Hall–Kier alpha value is -2.59. The lowest BCUT2D eigenvalue weighted by Crippen LogP contribution is -2.51. The topological polar surface area (TPSA) is 61.2 Å². The van der Waals surface area contributed by atoms with Gasteiger partial charge in [0.2, 0.25) is 5.91 Å². The second-order valence-corrected chi connectivity index (χ2v) is 5.42. The summed E-state index contributed by atoms with van der Waals surface area (Å²) in [7, 11) is 0. The van der Waals surface area contributed by atoms with Crippen LogP contribution in [0.15, 0.2) is 30.3 Å². The van der Waals surface area contributed by atoms with E-state index < -0.39 is 17.4 Å². The van der Waals surface area contributed by atoms with Crippen LogP contribution >= 0.6 is 0 Å². The van der Waals surface area contributed by atoms with Gasteiger partial charge in [-0.15, -0.1) is 0 Å². The molecule has 0 fully saturated rings. The van der Waals surface area contributed by atoms with Crippen LogP contribution in [0, 0.1) is 29.1 Å². The van der Waals surface area contributed by atoms with Crippen molar-refractivity contribution in [2.24, 2.45) is 5.92 Å². The van der Waals surface area contributed by atoms with Crippen molar-refractivity contribution in [2.45, 2.75) is 33.2 Å². The van der Waals surface area contributed by atoms with E-state index in [9.17, 15) is 14.9 Å². The molecule has 1 aromatic rings. The van der Waals surface area contributed by atoms with Crippen LogP contribution in [0.25, 0.3) is 0 Å². The zero-order chi connectivity index (χ0) is 16.0. The predicted octanol–water partition coefficient (Wildman–Crippen LogP) is 2.35. The Balaban J connectivity index is 3.12. The number of nitriles is 1. The van der Waals surface area contributed by atoms with Gasteiger partial charge in [-0.3, -0.25) is 14.5 Å². The van der Waals surface area contributed by atoms with Gasteiger partial charge in [-0.2, -0.15) is 5.26 Å². The Labute approximate surface area is 125 Å². The van der Waals surface area contributed by atoms with Crippen molar-refractivity contribution < 1.29 is 9.59 Å². The summed E-state index contributed by atoms with van der Waals surface area (Å²) in [6.45, 7) is 6.41. The molecule has 0 aliphatic rings. The molecular formula is C17H18N2O2. The molecule has 0 aliphatic carbocycles. The van der Waals surface area contributed by atoms with Gasteiger partial charge in [0, 0.05) is 17.4 Å². The highest BCUT2D eigenvalue weighted by Crippen LogP contribution is 2.17. The van der Waals surface area contributed by atoms with E-state index in [1.54, 1.807) is 26.0 Å². The summed E-state index contributed by atoms with van der Waals surface area (Å²) in [5.74, 6) is 3.69. The number of rotatable bonds is 2. The number of hydrogen-bond acceptors (Lipinski definition) is 3. The largest absolute Gasteiger partial charge is 0.306 e. The first kappa shape index (κ1) is 16.5. The lowest BCUT2D eigenvalue weighted by molar-refractivity contribution is -0.147. The molecule has 0 atom stereocenters. The van der Waals surface area contributed by atoms with Gasteiger partial charge in [-0.1, -0.05) is 38.0 Å². The van der Waals surface area contributed by atoms with Crippen molar-refractivity contribution in [3.8, 4) is 17.9 Å². The van der Waals surface area contributed by atoms with Crippen LogP contribution < -0.4 is 0 Å². The summed E-state index contributed by atoms with van der Waals surface area (Å²) < 4.78 is 0. The Bertz CT molecular complexity index is 628. The molecule has 4 heteroatoms. The van der Waals surface area contributed by atoms with Gasteiger partial charge in [0.1, 0.15) is 5.54 Å². The van der Waals surface area contributed by atoms with E-state index >= 15 is 0 Å². The number of carbonyl (C=O) groups is 2. The molecule has 0 heterocycles. The molecule has 21 heavy (non-hydrogen) atoms. The molecule has 4 nitrogen and oxygen atoms in total. The molecule has 0 spiro atoms. The molecule has 0 aliphatic heterocycles. The number of nitrogens with zero attached hydrogens (tertiary/aromatic N) is 2. The standard InChI is InChI=1S/C17H18N2O2/c1-13(2)16(21)19(17(3,4)12-18)15(20)11-10-14-8-6-5-7-9-14/h5-9,13H,1-4H3. The van der Waals surface area contributed by atoms with Crippen LogP contribution in [0.4, 0.5) is 0 Å². The Morgan fingerprint density at radius 2 is 1.76 bits per heavy atom. The third-order valence-electron chi connectivity index (χ3n) is 2.84. The van der Waals surface area contributed by atoms with Crippen LogP contribution in [0.3, 0.4) is 0 Å². The van der Waals surface area contributed by atoms with E-state index in [0.717, 1.165) is 4.90 Å². The fourth-order valence-electron chi connectivity index (χ4n) is 1.64. The van der Waals surface area contributed by atoms with E-state index in [4.69, 9.17) is 0 Å². The first-order chi connectivity index (χ1) is 9.79. The van der Waals surface area contributed by atoms with E-state index in [1.165, 1.54) is 13.8 Å². The second kappa shape index (κ2) is 6.72. The Kier molecular flexibility index (Phi) is 5.27. The summed E-state index contributed by atoms with van der Waals surface area (Å²) in [4.78, 5) is 25.4. The van der Waals surface area contributed by atoms with E-state index in [1.807, 2.05) is 24.3 Å². The monoisotopic (exact) mass is 282 g/mol. The average Bonchev–Trinajstić information content (AvgIpc) is 2.46. The molecule has 0 unspecified atom stereocenters. The number of amides is 2. The van der Waals surface area contributed by atoms with Crippen LogP contribution in [0.1, 0.15) is 33.3 Å². The smallest absolute Gasteiger partial charge is 0.274 e. The second-order valence-electron chi connectivity index (χ2n) is 5.42. The maximum Gasteiger partial charge on any atom is 0.306 e. The van der Waals surface area contributed by atoms with Crippen molar-refractivity contribution in [3.63, 3.8) is 0 Å². The van der Waals surface area contributed by atoms with Crippen LogP contribution in [0.2, 0.25) is 0 Å². The van der Waals surface area contributed by atoms with Crippen molar-refractivity contribution in [1.29, 1.82) is 5.26 Å². The molecular weight excluding hydrogens is 264 g/mol. The summed E-state index contributed by atoms with van der Waals surface area (Å²) >= 11 is 0. The molecule has 0 saturated carbocycles. The predicted molar refractivity (Wildman–Crippen MR) is 79.7 cm³/mol. The fraction of sp³-hybridized carbons (Fsp3) is 0.353. The molecule has 0 aromatic heterocycles. The number of imide groups is 1. The van der Waals surface area contributed by atoms with Crippen molar-refractivity contribution in [2.75, 3.05) is 0 Å². The number of hydrogen-bond donors (Lipinski definition) is 0. The molecule has 1 aromatic carbocycles. The lowest BCUT2D eigenvalue weighted by atomic mass is 10.0. The Morgan fingerprint density at radius 1 is 1.19 bits per heavy atom. The van der Waals surface area contributed by atoms with Crippen molar-refractivity contribution in [3.05, 3.63) is 35.9 Å². The molecule has 108 valence electrons. The first-order valence-electron chi connectivity index (χ1n) is 6.66. The minimum Gasteiger partial charge on any atom is -0.274 e. The van der Waals surface area contributed by atoms with E-state index in [0.29, 0.717) is 5.56 Å². The van der Waals surface area contributed by atoms with Gasteiger partial charge in [-0.25, -0.2) is 0 Å². The van der Waals surface area contributed by atoms with E-state index in [2.05, 4.69) is 11.8 Å². The maximum atomic E-state index is 12.2. The zero-order valence-corrected chi connectivity index (χ0v) is 12.7. The third-order valence-corrected chi connectivity index (χ3v) is 2.84. The van der Waals surface area contributed by atoms with Gasteiger partial charge in [-0.05, 0) is 26.0 Å². The molecule has 0 N–H and O–H groups in total. The minimum absolute atomic E-state index is 0.389. The van der Waals surface area contributed by atoms with Gasteiger partial charge in [0.25, 0.3) is 0 Å². The fourth-order valence-corrected chi connectivity index (χ4v) is 1.64. The van der Waals surface area contributed by atoms with Crippen molar-refractivity contribution >= 4 is 11.8 Å². The average molecular weight is 282 g/mol. The normalized spacial score (nSPS) is 10.3. The van der Waals surface area contributed by atoms with E-state index in [-0.39, 0.29) is 5.92 Å². The van der Waals surface area contributed by atoms with Gasteiger partial charge in [0.05, 0.1) is 6.07 Å². The lowest BCUT2D eigenvalue weighted by Gasteiger charge is -2.30. The van der Waals surface area contributed by atoms with Gasteiger partial charge < -0.3 is 0 Å². The third kappa shape index (κ3) is 4.19. The first-order valence-corrected chi connectivity index (χ1v) is 6.66. The SMILES string of the molecule is CC(C)C(=O)N(C(=O)C#Cc1ccccc1)C(C)(C)C#N. The van der Waals surface area contributed by atoms with Crippen LogP contribution in [-0.4, -0.2) is 22.3 Å². The number of carbonyl (C=O) groups excluding carboxylic acids is 2. The molecule has 2 amide bonds. The molecule has 0 bridgehead atoms. The quantitative estimate of drug-likeness (QED) is 0.782. The highest BCUT2D eigenvalue weighted by Gasteiger charge is 2.36. The van der Waals surface area contributed by atoms with Crippen molar-refractivity contribution in [1.82, 2.24) is 4.90 Å². The molecule has 0 saturated heterocycles. The Morgan fingerprint density at radius 3 is 2.24 bits per heavy atom. The summed E-state index contributed by atoms with van der Waals surface area (Å²) in [5, 5.41) is 9.18.